The van der Waals surface area contributed by atoms with Crippen LogP contribution in [-0.2, 0) is 17.8 Å². The first-order valence-corrected chi connectivity index (χ1v) is 10.8. The molecule has 162 valence electrons. The number of hydrogen-bond donors (Lipinski definition) is 2. The van der Waals surface area contributed by atoms with Crippen molar-refractivity contribution >= 4 is 39.0 Å². The van der Waals surface area contributed by atoms with Crippen LogP contribution in [-0.4, -0.2) is 58.0 Å². The number of rotatable bonds is 5. The molecule has 0 saturated carbocycles. The number of halogens is 1. The van der Waals surface area contributed by atoms with E-state index in [0.717, 1.165) is 20.7 Å². The van der Waals surface area contributed by atoms with Gasteiger partial charge in [-0.3, -0.25) is 4.79 Å². The normalized spacial score (nSPS) is 13.9. The van der Waals surface area contributed by atoms with Crippen LogP contribution in [0.1, 0.15) is 16.0 Å². The van der Waals surface area contributed by atoms with Gasteiger partial charge in [-0.15, -0.1) is 11.3 Å². The number of carbonyl (C=O) groups is 1. The van der Waals surface area contributed by atoms with Gasteiger partial charge in [0.05, 0.1) is 17.6 Å². The summed E-state index contributed by atoms with van der Waals surface area (Å²) in [5.74, 6) is 0.0346. The topological polar surface area (TPSA) is 81.6 Å². The third-order valence-corrected chi connectivity index (χ3v) is 6.34. The van der Waals surface area contributed by atoms with Crippen LogP contribution in [0, 0.1) is 12.7 Å². The van der Waals surface area contributed by atoms with Crippen LogP contribution in [0.4, 0.5) is 15.9 Å². The molecule has 0 bridgehead atoms. The fraction of sp³-hybridized carbons (Fsp3) is 0.318. The molecule has 0 unspecified atom stereocenters. The van der Waals surface area contributed by atoms with E-state index in [2.05, 4.69) is 15.3 Å². The third kappa shape index (κ3) is 4.38. The zero-order valence-electron chi connectivity index (χ0n) is 17.6. The summed E-state index contributed by atoms with van der Waals surface area (Å²) in [6.07, 6.45) is 5.59. The molecule has 0 aliphatic carbocycles. The number of anilines is 2. The van der Waals surface area contributed by atoms with Gasteiger partial charge >= 0.3 is 0 Å². The van der Waals surface area contributed by atoms with Crippen molar-refractivity contribution in [3.63, 3.8) is 0 Å². The van der Waals surface area contributed by atoms with Crippen molar-refractivity contribution in [2.24, 2.45) is 0 Å². The number of amides is 1. The summed E-state index contributed by atoms with van der Waals surface area (Å²) in [7, 11) is 3.91. The Morgan fingerprint density at radius 3 is 2.97 bits per heavy atom. The highest BCUT2D eigenvalue weighted by Crippen LogP contribution is 2.38. The Balaban J connectivity index is 1.62. The summed E-state index contributed by atoms with van der Waals surface area (Å²) in [6.45, 7) is 3.46. The van der Waals surface area contributed by atoms with Gasteiger partial charge in [0.25, 0.3) is 0 Å². The number of phenols is 1. The molecule has 3 heterocycles. The molecule has 1 aliphatic rings. The lowest BCUT2D eigenvalue weighted by Crippen LogP contribution is -2.34. The Hall–Kier alpha value is -3.04. The maximum atomic E-state index is 14.4. The second-order valence-electron chi connectivity index (χ2n) is 7.82. The van der Waals surface area contributed by atoms with Gasteiger partial charge in [0, 0.05) is 30.1 Å². The highest BCUT2D eigenvalue weighted by Gasteiger charge is 2.25. The lowest BCUT2D eigenvalue weighted by atomic mass is 10.0. The van der Waals surface area contributed by atoms with Gasteiger partial charge in [-0.1, -0.05) is 6.08 Å². The number of aromatic hydroxyl groups is 1. The molecular weight excluding hydrogens is 417 g/mol. The smallest absolute Gasteiger partial charge is 0.246 e. The predicted molar refractivity (Wildman–Crippen MR) is 120 cm³/mol. The van der Waals surface area contributed by atoms with Gasteiger partial charge in [-0.25, -0.2) is 14.4 Å². The van der Waals surface area contributed by atoms with Crippen LogP contribution in [0.25, 0.3) is 10.2 Å². The third-order valence-electron chi connectivity index (χ3n) is 5.22. The van der Waals surface area contributed by atoms with Crippen LogP contribution in [0.3, 0.4) is 0 Å². The van der Waals surface area contributed by atoms with Gasteiger partial charge in [-0.05, 0) is 44.6 Å². The van der Waals surface area contributed by atoms with Crippen LogP contribution in [0.5, 0.6) is 5.75 Å². The molecule has 0 fully saturated rings. The molecule has 2 N–H and O–H groups in total. The molecule has 2 aromatic heterocycles. The molecule has 0 radical (unpaired) electrons. The number of phenolic OH excluding ortho intramolecular Hbond substituents is 1. The number of aryl methyl sites for hydroxylation is 1. The van der Waals surface area contributed by atoms with Gasteiger partial charge in [0.15, 0.2) is 0 Å². The maximum Gasteiger partial charge on any atom is 0.246 e. The number of nitrogens with zero attached hydrogens (tertiary/aromatic N) is 4. The van der Waals surface area contributed by atoms with E-state index in [1.165, 1.54) is 29.8 Å². The van der Waals surface area contributed by atoms with E-state index in [-0.39, 0.29) is 17.3 Å². The number of fused-ring (bicyclic) bond motifs is 3. The number of thiophene rings is 1. The highest BCUT2D eigenvalue weighted by atomic mass is 32.1. The van der Waals surface area contributed by atoms with Crippen molar-refractivity contribution < 1.29 is 14.3 Å². The summed E-state index contributed by atoms with van der Waals surface area (Å²) >= 11 is 1.52. The van der Waals surface area contributed by atoms with E-state index in [9.17, 15) is 14.3 Å². The molecule has 1 aromatic carbocycles. The highest BCUT2D eigenvalue weighted by molar-refractivity contribution is 7.19. The summed E-state index contributed by atoms with van der Waals surface area (Å²) in [6, 6.07) is 2.64. The Morgan fingerprint density at radius 1 is 1.39 bits per heavy atom. The van der Waals surface area contributed by atoms with E-state index in [4.69, 9.17) is 0 Å². The monoisotopic (exact) mass is 441 g/mol. The molecule has 1 aliphatic heterocycles. The van der Waals surface area contributed by atoms with E-state index < -0.39 is 5.82 Å². The molecule has 1 amide bonds. The minimum atomic E-state index is -0.465. The second-order valence-corrected chi connectivity index (χ2v) is 8.91. The predicted octanol–water partition coefficient (Wildman–Crippen LogP) is 3.59. The second kappa shape index (κ2) is 8.60. The minimum Gasteiger partial charge on any atom is -0.508 e. The number of likely N-dealkylation sites (N-methyl/N-ethyl adjacent to an activating group) is 1. The quantitative estimate of drug-likeness (QED) is 0.589. The van der Waals surface area contributed by atoms with E-state index in [1.54, 1.807) is 13.0 Å². The zero-order chi connectivity index (χ0) is 22.1. The summed E-state index contributed by atoms with van der Waals surface area (Å²) < 4.78 is 14.4. The van der Waals surface area contributed by atoms with E-state index in [0.29, 0.717) is 37.4 Å². The lowest BCUT2D eigenvalue weighted by molar-refractivity contribution is -0.126. The fourth-order valence-corrected chi connectivity index (χ4v) is 4.77. The Bertz CT molecular complexity index is 1170. The fourth-order valence-electron chi connectivity index (χ4n) is 3.57. The maximum absolute atomic E-state index is 14.4. The largest absolute Gasteiger partial charge is 0.508 e. The van der Waals surface area contributed by atoms with E-state index >= 15 is 0 Å². The molecule has 4 rings (SSSR count). The van der Waals surface area contributed by atoms with Crippen molar-refractivity contribution in [3.05, 3.63) is 52.4 Å². The zero-order valence-corrected chi connectivity index (χ0v) is 18.5. The van der Waals surface area contributed by atoms with Crippen molar-refractivity contribution in [3.8, 4) is 5.75 Å². The minimum absolute atomic E-state index is 0.00779. The first-order valence-electron chi connectivity index (χ1n) is 9.95. The molecule has 3 aromatic rings. The number of nitrogens with one attached hydrogen (secondary N) is 1. The summed E-state index contributed by atoms with van der Waals surface area (Å²) in [5, 5.41) is 13.8. The standard InChI is InChI=1S/C22H24FN5O2S/c1-13-9-15(23)16(10-17(13)29)26-21-20-14-6-8-28(19(30)5-4-7-27(2)3)11-18(14)31-22(20)25-12-24-21/h4-5,9-10,12,29H,6-8,11H2,1-3H3,(H,24,25,26)/b5-4+. The Morgan fingerprint density at radius 2 is 2.19 bits per heavy atom. The summed E-state index contributed by atoms with van der Waals surface area (Å²) in [4.78, 5) is 26.9. The molecule has 9 heteroatoms. The number of carbonyl (C=O) groups excluding carboxylic acids is 1. The van der Waals surface area contributed by atoms with E-state index in [1.807, 2.05) is 30.0 Å². The lowest BCUT2D eigenvalue weighted by Gasteiger charge is -2.26. The van der Waals surface area contributed by atoms with Crippen molar-refractivity contribution in [2.45, 2.75) is 19.9 Å². The molecule has 0 saturated heterocycles. The number of hydrogen-bond acceptors (Lipinski definition) is 7. The molecular formula is C22H24FN5O2S. The average molecular weight is 442 g/mol. The molecule has 7 nitrogen and oxygen atoms in total. The first-order chi connectivity index (χ1) is 14.8. The summed E-state index contributed by atoms with van der Waals surface area (Å²) in [5.41, 5.74) is 1.70. The van der Waals surface area contributed by atoms with Crippen LogP contribution >= 0.6 is 11.3 Å². The Labute approximate surface area is 183 Å². The van der Waals surface area contributed by atoms with Gasteiger partial charge in [0.1, 0.15) is 28.5 Å². The van der Waals surface area contributed by atoms with Gasteiger partial charge in [-0.2, -0.15) is 0 Å². The molecule has 0 spiro atoms. The first kappa shape index (κ1) is 21.2. The SMILES string of the molecule is Cc1cc(F)c(Nc2ncnc3sc4c(c23)CCN(C(=O)/C=C/CN(C)C)C4)cc1O. The van der Waals surface area contributed by atoms with Crippen molar-refractivity contribution in [2.75, 3.05) is 32.5 Å². The molecule has 31 heavy (non-hydrogen) atoms. The number of aromatic nitrogens is 2. The van der Waals surface area contributed by atoms with Crippen LogP contribution < -0.4 is 5.32 Å². The average Bonchev–Trinajstić information content (AvgIpc) is 3.10. The molecule has 0 atom stereocenters. The Kier molecular flexibility index (Phi) is 5.88. The van der Waals surface area contributed by atoms with Crippen LogP contribution in [0.2, 0.25) is 0 Å². The van der Waals surface area contributed by atoms with Gasteiger partial charge in [0.2, 0.25) is 5.91 Å². The van der Waals surface area contributed by atoms with Crippen LogP contribution in [0.15, 0.2) is 30.6 Å². The van der Waals surface area contributed by atoms with Crippen molar-refractivity contribution in [1.29, 1.82) is 0 Å². The number of benzene rings is 1. The van der Waals surface area contributed by atoms with Crippen molar-refractivity contribution in [1.82, 2.24) is 19.8 Å². The van der Waals surface area contributed by atoms with Gasteiger partial charge < -0.3 is 20.2 Å².